The molecule has 2 amide bonds. The van der Waals surface area contributed by atoms with Crippen LogP contribution in [0, 0.1) is 6.92 Å². The minimum Gasteiger partial charge on any atom is -0.390 e. The van der Waals surface area contributed by atoms with E-state index in [1.54, 1.807) is 6.08 Å². The van der Waals surface area contributed by atoms with Gasteiger partial charge in [0.05, 0.1) is 23.4 Å². The van der Waals surface area contributed by atoms with Gasteiger partial charge in [-0.2, -0.15) is 0 Å². The zero-order valence-corrected chi connectivity index (χ0v) is 17.1. The molecule has 0 saturated heterocycles. The van der Waals surface area contributed by atoms with Crippen molar-refractivity contribution in [2.45, 2.75) is 27.4 Å². The quantitative estimate of drug-likeness (QED) is 0.515. The van der Waals surface area contributed by atoms with E-state index in [0.717, 1.165) is 30.9 Å². The first-order valence-corrected chi connectivity index (χ1v) is 9.95. The van der Waals surface area contributed by atoms with Gasteiger partial charge in [-0.1, -0.05) is 32.0 Å². The number of amides is 2. The summed E-state index contributed by atoms with van der Waals surface area (Å²) in [6, 6.07) is 7.48. The Morgan fingerprint density at radius 3 is 2.66 bits per heavy atom. The molecule has 0 bridgehead atoms. The monoisotopic (exact) mass is 396 g/mol. The maximum absolute atomic E-state index is 12.8. The number of carbonyl (C=O) groups is 2. The summed E-state index contributed by atoms with van der Waals surface area (Å²) in [5.74, 6) is -0.410. The topological polar surface area (TPSA) is 97.5 Å². The van der Waals surface area contributed by atoms with E-state index in [0.29, 0.717) is 34.6 Å². The number of hydrogen-bond donors (Lipinski definition) is 4. The molecule has 29 heavy (non-hydrogen) atoms. The van der Waals surface area contributed by atoms with Gasteiger partial charge in [0.2, 0.25) is 0 Å². The van der Waals surface area contributed by atoms with Crippen LogP contribution in [-0.4, -0.2) is 53.0 Å². The number of aromatic amines is 1. The summed E-state index contributed by atoms with van der Waals surface area (Å²) >= 11 is 0. The van der Waals surface area contributed by atoms with Crippen molar-refractivity contribution < 1.29 is 14.7 Å². The first kappa shape index (κ1) is 20.8. The van der Waals surface area contributed by atoms with E-state index in [-0.39, 0.29) is 18.4 Å². The average molecular weight is 396 g/mol. The third kappa shape index (κ3) is 4.26. The maximum atomic E-state index is 12.8. The number of nitrogens with one attached hydrogen (secondary N) is 3. The SMILES string of the molecule is CCN(CC)CCNC(=O)c1c(CO)[nH]c(/C=C2\C(=O)Nc3ccccc32)c1C. The van der Waals surface area contributed by atoms with Gasteiger partial charge in [-0.25, -0.2) is 0 Å². The second-order valence-corrected chi connectivity index (χ2v) is 7.02. The number of aliphatic hydroxyl groups is 1. The number of aromatic nitrogens is 1. The number of rotatable bonds is 8. The molecule has 1 aromatic carbocycles. The predicted octanol–water partition coefficient (Wildman–Crippen LogP) is 2.38. The third-order valence-electron chi connectivity index (χ3n) is 5.36. The van der Waals surface area contributed by atoms with Crippen LogP contribution in [0.25, 0.3) is 11.6 Å². The van der Waals surface area contributed by atoms with E-state index in [9.17, 15) is 14.7 Å². The molecular formula is C22H28N4O3. The lowest BCUT2D eigenvalue weighted by Gasteiger charge is -2.18. The van der Waals surface area contributed by atoms with Crippen LogP contribution in [0.3, 0.4) is 0 Å². The minimum atomic E-state index is -0.286. The largest absolute Gasteiger partial charge is 0.390 e. The zero-order chi connectivity index (χ0) is 21.0. The smallest absolute Gasteiger partial charge is 0.256 e. The zero-order valence-electron chi connectivity index (χ0n) is 17.1. The number of aliphatic hydroxyl groups excluding tert-OH is 1. The summed E-state index contributed by atoms with van der Waals surface area (Å²) in [4.78, 5) is 30.5. The molecule has 154 valence electrons. The van der Waals surface area contributed by atoms with Crippen LogP contribution < -0.4 is 10.6 Å². The van der Waals surface area contributed by atoms with Gasteiger partial charge in [0.1, 0.15) is 0 Å². The Balaban J connectivity index is 1.85. The van der Waals surface area contributed by atoms with E-state index in [1.165, 1.54) is 0 Å². The number of hydrogen-bond acceptors (Lipinski definition) is 4. The molecule has 3 rings (SSSR count). The number of benzene rings is 1. The molecule has 0 saturated carbocycles. The highest BCUT2D eigenvalue weighted by Crippen LogP contribution is 2.33. The molecule has 7 heteroatoms. The fourth-order valence-corrected chi connectivity index (χ4v) is 3.63. The van der Waals surface area contributed by atoms with E-state index < -0.39 is 0 Å². The summed E-state index contributed by atoms with van der Waals surface area (Å²) < 4.78 is 0. The number of fused-ring (bicyclic) bond motifs is 1. The highest BCUT2D eigenvalue weighted by Gasteiger charge is 2.25. The Morgan fingerprint density at radius 2 is 1.97 bits per heavy atom. The number of anilines is 1. The van der Waals surface area contributed by atoms with Gasteiger partial charge in [-0.05, 0) is 37.7 Å². The Kier molecular flexibility index (Phi) is 6.51. The average Bonchev–Trinajstić information content (AvgIpc) is 3.22. The Morgan fingerprint density at radius 1 is 1.24 bits per heavy atom. The van der Waals surface area contributed by atoms with Crippen molar-refractivity contribution in [3.63, 3.8) is 0 Å². The summed E-state index contributed by atoms with van der Waals surface area (Å²) in [5, 5.41) is 15.5. The van der Waals surface area contributed by atoms with Crippen LogP contribution in [0.4, 0.5) is 5.69 Å². The molecule has 4 N–H and O–H groups in total. The molecule has 0 fully saturated rings. The molecule has 0 atom stereocenters. The minimum absolute atomic E-state index is 0.184. The fourth-order valence-electron chi connectivity index (χ4n) is 3.63. The standard InChI is InChI=1S/C22H28N4O3/c1-4-26(5-2)11-10-23-22(29)20-14(3)18(24-19(20)13-27)12-16-15-8-6-7-9-17(15)25-21(16)28/h6-9,12,24,27H,4-5,10-11,13H2,1-3H3,(H,23,29)(H,25,28)/b16-12-. The van der Waals surface area contributed by atoms with Crippen molar-refractivity contribution in [1.82, 2.24) is 15.2 Å². The van der Waals surface area contributed by atoms with Gasteiger partial charge in [-0.15, -0.1) is 0 Å². The van der Waals surface area contributed by atoms with Gasteiger partial charge < -0.3 is 25.6 Å². The van der Waals surface area contributed by atoms with Crippen molar-refractivity contribution in [3.8, 4) is 0 Å². The lowest BCUT2D eigenvalue weighted by molar-refractivity contribution is -0.110. The molecule has 0 radical (unpaired) electrons. The van der Waals surface area contributed by atoms with Gasteiger partial charge in [0.15, 0.2) is 0 Å². The molecule has 1 aromatic heterocycles. The molecular weight excluding hydrogens is 368 g/mol. The Hall–Kier alpha value is -2.90. The van der Waals surface area contributed by atoms with Crippen molar-refractivity contribution in [1.29, 1.82) is 0 Å². The molecule has 2 aromatic rings. The molecule has 0 unspecified atom stereocenters. The van der Waals surface area contributed by atoms with Crippen LogP contribution in [-0.2, 0) is 11.4 Å². The third-order valence-corrected chi connectivity index (χ3v) is 5.36. The predicted molar refractivity (Wildman–Crippen MR) is 115 cm³/mol. The molecule has 7 nitrogen and oxygen atoms in total. The first-order valence-electron chi connectivity index (χ1n) is 9.95. The van der Waals surface area contributed by atoms with Gasteiger partial charge in [0.25, 0.3) is 11.8 Å². The molecule has 1 aliphatic rings. The van der Waals surface area contributed by atoms with Gasteiger partial charge in [0, 0.05) is 30.0 Å². The van der Waals surface area contributed by atoms with E-state index in [2.05, 4.69) is 34.4 Å². The lowest BCUT2D eigenvalue weighted by atomic mass is 10.0. The Labute approximate surface area is 170 Å². The van der Waals surface area contributed by atoms with Crippen LogP contribution in [0.5, 0.6) is 0 Å². The summed E-state index contributed by atoms with van der Waals surface area (Å²) in [6.45, 7) is 8.86. The van der Waals surface area contributed by atoms with Crippen molar-refractivity contribution in [2.24, 2.45) is 0 Å². The van der Waals surface area contributed by atoms with E-state index >= 15 is 0 Å². The van der Waals surface area contributed by atoms with Crippen molar-refractivity contribution in [3.05, 3.63) is 52.3 Å². The van der Waals surface area contributed by atoms with Crippen LogP contribution in [0.2, 0.25) is 0 Å². The number of nitrogens with zero attached hydrogens (tertiary/aromatic N) is 1. The molecule has 0 aliphatic carbocycles. The first-order chi connectivity index (χ1) is 14.0. The van der Waals surface area contributed by atoms with Crippen LogP contribution in [0.15, 0.2) is 24.3 Å². The highest BCUT2D eigenvalue weighted by molar-refractivity contribution is 6.34. The number of likely N-dealkylation sites (N-methyl/N-ethyl adjacent to an activating group) is 1. The summed E-state index contributed by atoms with van der Waals surface area (Å²) in [6.07, 6.45) is 1.74. The maximum Gasteiger partial charge on any atom is 0.256 e. The van der Waals surface area contributed by atoms with Crippen molar-refractivity contribution in [2.75, 3.05) is 31.5 Å². The number of carbonyl (C=O) groups excluding carboxylic acids is 2. The van der Waals surface area contributed by atoms with E-state index in [1.807, 2.05) is 31.2 Å². The fraction of sp³-hybridized carbons (Fsp3) is 0.364. The van der Waals surface area contributed by atoms with Gasteiger partial charge >= 0.3 is 0 Å². The molecule has 0 spiro atoms. The summed E-state index contributed by atoms with van der Waals surface area (Å²) in [7, 11) is 0. The van der Waals surface area contributed by atoms with Gasteiger partial charge in [-0.3, -0.25) is 9.59 Å². The lowest BCUT2D eigenvalue weighted by Crippen LogP contribution is -2.35. The van der Waals surface area contributed by atoms with Crippen LogP contribution >= 0.6 is 0 Å². The summed E-state index contributed by atoms with van der Waals surface area (Å²) in [5.41, 5.74) is 4.35. The normalized spacial score (nSPS) is 14.4. The second-order valence-electron chi connectivity index (χ2n) is 7.02. The highest BCUT2D eigenvalue weighted by atomic mass is 16.3. The molecule has 1 aliphatic heterocycles. The number of H-pyrrole nitrogens is 1. The number of para-hydroxylation sites is 1. The van der Waals surface area contributed by atoms with E-state index in [4.69, 9.17) is 0 Å². The van der Waals surface area contributed by atoms with Crippen molar-refractivity contribution >= 4 is 29.2 Å². The molecule has 2 heterocycles. The second kappa shape index (κ2) is 9.07. The Bertz CT molecular complexity index is 942. The van der Waals surface area contributed by atoms with Crippen LogP contribution in [0.1, 0.15) is 46.7 Å².